The Bertz CT molecular complexity index is 536. The predicted octanol–water partition coefficient (Wildman–Crippen LogP) is 1.62. The van der Waals surface area contributed by atoms with Crippen molar-refractivity contribution >= 4 is 17.3 Å². The number of hydrogen-bond donors (Lipinski definition) is 2. The molecule has 0 aliphatic rings. The molecule has 0 aliphatic heterocycles. The Morgan fingerprint density at radius 3 is 2.76 bits per heavy atom. The summed E-state index contributed by atoms with van der Waals surface area (Å²) in [4.78, 5) is 19.9. The monoisotopic (exact) mass is 228 g/mol. The Morgan fingerprint density at radius 2 is 2.12 bits per heavy atom. The Morgan fingerprint density at radius 1 is 1.29 bits per heavy atom. The van der Waals surface area contributed by atoms with Gasteiger partial charge < -0.3 is 11.1 Å². The summed E-state index contributed by atoms with van der Waals surface area (Å²) in [6, 6.07) is 6.77. The lowest BCUT2D eigenvalue weighted by molar-refractivity contribution is 0.102. The number of aromatic nitrogens is 2. The largest absolute Gasteiger partial charge is 0.397 e. The maximum Gasteiger partial charge on any atom is 0.274 e. The van der Waals surface area contributed by atoms with Crippen LogP contribution < -0.4 is 11.1 Å². The molecule has 5 nitrogen and oxygen atoms in total. The van der Waals surface area contributed by atoms with Crippen LogP contribution in [0.25, 0.3) is 0 Å². The second-order valence-corrected chi connectivity index (χ2v) is 3.57. The quantitative estimate of drug-likeness (QED) is 0.818. The summed E-state index contributed by atoms with van der Waals surface area (Å²) >= 11 is 0. The fraction of sp³-hybridized carbons (Fsp3) is 0.0833. The van der Waals surface area contributed by atoms with Gasteiger partial charge in [0.2, 0.25) is 0 Å². The van der Waals surface area contributed by atoms with Crippen molar-refractivity contribution in [1.29, 1.82) is 0 Å². The lowest BCUT2D eigenvalue weighted by atomic mass is 10.3. The second-order valence-electron chi connectivity index (χ2n) is 3.57. The first kappa shape index (κ1) is 11.1. The number of carbonyl (C=O) groups is 1. The SMILES string of the molecule is Cc1ncccc1NC(=O)c1ccc(N)cn1. The van der Waals surface area contributed by atoms with Gasteiger partial charge >= 0.3 is 0 Å². The van der Waals surface area contributed by atoms with Crippen molar-refractivity contribution in [2.45, 2.75) is 6.92 Å². The molecular weight excluding hydrogens is 216 g/mol. The van der Waals surface area contributed by atoms with E-state index in [1.165, 1.54) is 6.20 Å². The molecule has 0 bridgehead atoms. The van der Waals surface area contributed by atoms with Gasteiger partial charge in [-0.05, 0) is 31.2 Å². The van der Waals surface area contributed by atoms with E-state index in [0.717, 1.165) is 5.69 Å². The fourth-order valence-corrected chi connectivity index (χ4v) is 1.34. The lowest BCUT2D eigenvalue weighted by Crippen LogP contribution is -2.14. The van der Waals surface area contributed by atoms with Gasteiger partial charge in [-0.3, -0.25) is 9.78 Å². The molecule has 2 rings (SSSR count). The molecule has 17 heavy (non-hydrogen) atoms. The molecule has 0 aliphatic carbocycles. The molecular formula is C12H12N4O. The molecule has 0 fully saturated rings. The maximum absolute atomic E-state index is 11.8. The molecule has 0 atom stereocenters. The van der Waals surface area contributed by atoms with Crippen LogP contribution in [-0.4, -0.2) is 15.9 Å². The first-order valence-electron chi connectivity index (χ1n) is 5.11. The highest BCUT2D eigenvalue weighted by Gasteiger charge is 2.08. The van der Waals surface area contributed by atoms with Crippen LogP contribution in [0.4, 0.5) is 11.4 Å². The topological polar surface area (TPSA) is 80.9 Å². The van der Waals surface area contributed by atoms with Gasteiger partial charge in [0.25, 0.3) is 5.91 Å². The second kappa shape index (κ2) is 4.61. The highest BCUT2D eigenvalue weighted by molar-refractivity contribution is 6.03. The van der Waals surface area contributed by atoms with Crippen molar-refractivity contribution in [3.05, 3.63) is 48.0 Å². The van der Waals surface area contributed by atoms with E-state index in [4.69, 9.17) is 5.73 Å². The van der Waals surface area contributed by atoms with Crippen molar-refractivity contribution in [2.24, 2.45) is 0 Å². The number of amides is 1. The van der Waals surface area contributed by atoms with Crippen molar-refractivity contribution in [3.8, 4) is 0 Å². The lowest BCUT2D eigenvalue weighted by Gasteiger charge is -2.06. The number of nitrogen functional groups attached to an aromatic ring is 1. The van der Waals surface area contributed by atoms with Crippen LogP contribution in [0.3, 0.4) is 0 Å². The fourth-order valence-electron chi connectivity index (χ4n) is 1.34. The van der Waals surface area contributed by atoms with Crippen molar-refractivity contribution < 1.29 is 4.79 Å². The number of nitrogens with zero attached hydrogens (tertiary/aromatic N) is 2. The summed E-state index contributed by atoms with van der Waals surface area (Å²) in [6.07, 6.45) is 3.12. The zero-order valence-electron chi connectivity index (χ0n) is 9.34. The third kappa shape index (κ3) is 2.57. The average Bonchev–Trinajstić information content (AvgIpc) is 2.33. The zero-order chi connectivity index (χ0) is 12.3. The molecule has 3 N–H and O–H groups in total. The Balaban J connectivity index is 2.17. The molecule has 0 saturated carbocycles. The molecule has 1 amide bonds. The molecule has 0 aromatic carbocycles. The number of rotatable bonds is 2. The summed E-state index contributed by atoms with van der Waals surface area (Å²) in [7, 11) is 0. The Kier molecular flexibility index (Phi) is 3.00. The number of aryl methyl sites for hydroxylation is 1. The predicted molar refractivity (Wildman–Crippen MR) is 65.6 cm³/mol. The van der Waals surface area contributed by atoms with E-state index in [2.05, 4.69) is 15.3 Å². The normalized spacial score (nSPS) is 9.94. The van der Waals surface area contributed by atoms with Gasteiger partial charge in [0, 0.05) is 6.20 Å². The minimum atomic E-state index is -0.277. The Labute approximate surface area is 98.7 Å². The number of hydrogen-bond acceptors (Lipinski definition) is 4. The van der Waals surface area contributed by atoms with E-state index < -0.39 is 0 Å². The molecule has 0 unspecified atom stereocenters. The summed E-state index contributed by atoms with van der Waals surface area (Å²) < 4.78 is 0. The number of carbonyl (C=O) groups excluding carboxylic acids is 1. The van der Waals surface area contributed by atoms with Gasteiger partial charge in [-0.1, -0.05) is 0 Å². The summed E-state index contributed by atoms with van der Waals surface area (Å²) in [5.41, 5.74) is 7.79. The zero-order valence-corrected chi connectivity index (χ0v) is 9.34. The van der Waals surface area contributed by atoms with E-state index in [-0.39, 0.29) is 5.91 Å². The van der Waals surface area contributed by atoms with Crippen molar-refractivity contribution in [3.63, 3.8) is 0 Å². The first-order chi connectivity index (χ1) is 8.16. The van der Waals surface area contributed by atoms with Crippen LogP contribution in [-0.2, 0) is 0 Å². The molecule has 2 aromatic rings. The minimum absolute atomic E-state index is 0.277. The summed E-state index contributed by atoms with van der Waals surface area (Å²) in [5.74, 6) is -0.277. The third-order valence-electron chi connectivity index (χ3n) is 2.27. The van der Waals surface area contributed by atoms with E-state index in [1.54, 1.807) is 30.5 Å². The van der Waals surface area contributed by atoms with E-state index in [1.807, 2.05) is 6.92 Å². The first-order valence-corrected chi connectivity index (χ1v) is 5.11. The van der Waals surface area contributed by atoms with Crippen LogP contribution >= 0.6 is 0 Å². The Hall–Kier alpha value is -2.43. The van der Waals surface area contributed by atoms with Crippen LogP contribution in [0.15, 0.2) is 36.7 Å². The molecule has 5 heteroatoms. The van der Waals surface area contributed by atoms with Crippen LogP contribution in [0, 0.1) is 6.92 Å². The van der Waals surface area contributed by atoms with E-state index in [0.29, 0.717) is 17.1 Å². The molecule has 86 valence electrons. The minimum Gasteiger partial charge on any atom is -0.397 e. The standard InChI is InChI=1S/C12H12N4O/c1-8-10(3-2-6-14-8)16-12(17)11-5-4-9(13)7-15-11/h2-7H,13H2,1H3,(H,16,17). The van der Waals surface area contributed by atoms with Gasteiger partial charge in [0.15, 0.2) is 0 Å². The summed E-state index contributed by atoms with van der Waals surface area (Å²) in [5, 5.41) is 2.74. The van der Waals surface area contributed by atoms with Gasteiger partial charge in [0.1, 0.15) is 5.69 Å². The van der Waals surface area contributed by atoms with Gasteiger partial charge in [-0.2, -0.15) is 0 Å². The van der Waals surface area contributed by atoms with Gasteiger partial charge in [-0.25, -0.2) is 4.98 Å². The highest BCUT2D eigenvalue weighted by Crippen LogP contribution is 2.12. The average molecular weight is 228 g/mol. The maximum atomic E-state index is 11.8. The molecule has 0 spiro atoms. The van der Waals surface area contributed by atoms with Crippen LogP contribution in [0.5, 0.6) is 0 Å². The number of nitrogens with one attached hydrogen (secondary N) is 1. The summed E-state index contributed by atoms with van der Waals surface area (Å²) in [6.45, 7) is 1.83. The van der Waals surface area contributed by atoms with Crippen molar-refractivity contribution in [2.75, 3.05) is 11.1 Å². The smallest absolute Gasteiger partial charge is 0.274 e. The van der Waals surface area contributed by atoms with Crippen LogP contribution in [0.1, 0.15) is 16.2 Å². The van der Waals surface area contributed by atoms with Crippen molar-refractivity contribution in [1.82, 2.24) is 9.97 Å². The molecule has 0 saturated heterocycles. The van der Waals surface area contributed by atoms with E-state index in [9.17, 15) is 4.79 Å². The molecule has 0 radical (unpaired) electrons. The number of nitrogens with two attached hydrogens (primary N) is 1. The van der Waals surface area contributed by atoms with Gasteiger partial charge in [0.05, 0.1) is 23.3 Å². The highest BCUT2D eigenvalue weighted by atomic mass is 16.1. The van der Waals surface area contributed by atoms with Crippen LogP contribution in [0.2, 0.25) is 0 Å². The van der Waals surface area contributed by atoms with E-state index >= 15 is 0 Å². The molecule has 2 aromatic heterocycles. The number of pyridine rings is 2. The third-order valence-corrected chi connectivity index (χ3v) is 2.27. The number of anilines is 2. The molecule has 2 heterocycles. The van der Waals surface area contributed by atoms with Gasteiger partial charge in [-0.15, -0.1) is 0 Å².